The van der Waals surface area contributed by atoms with E-state index in [1.807, 2.05) is 61.5 Å². The Hall–Kier alpha value is -2.63. The van der Waals surface area contributed by atoms with Gasteiger partial charge in [-0.05, 0) is 50.1 Å². The van der Waals surface area contributed by atoms with Crippen molar-refractivity contribution < 1.29 is 9.21 Å². The molecule has 1 saturated heterocycles. The summed E-state index contributed by atoms with van der Waals surface area (Å²) in [7, 11) is 0. The van der Waals surface area contributed by atoms with Gasteiger partial charge in [-0.3, -0.25) is 9.69 Å². The summed E-state index contributed by atoms with van der Waals surface area (Å²) in [6.07, 6.45) is 1.92. The van der Waals surface area contributed by atoms with Gasteiger partial charge in [0.05, 0.1) is 11.6 Å². The van der Waals surface area contributed by atoms with Gasteiger partial charge in [0.2, 0.25) is 11.8 Å². The number of nitrogens with one attached hydrogen (secondary N) is 1. The molecule has 4 rings (SSSR count). The number of halogens is 1. The minimum absolute atomic E-state index is 0.00192. The topological polar surface area (TPSA) is 58.4 Å². The minimum atomic E-state index is 0.00192. The van der Waals surface area contributed by atoms with E-state index in [2.05, 4.69) is 10.2 Å². The lowest BCUT2D eigenvalue weighted by Crippen LogP contribution is -2.42. The summed E-state index contributed by atoms with van der Waals surface area (Å²) < 4.78 is 5.88. The van der Waals surface area contributed by atoms with Gasteiger partial charge in [-0.25, -0.2) is 4.98 Å². The lowest BCUT2D eigenvalue weighted by molar-refractivity contribution is -0.127. The van der Waals surface area contributed by atoms with Gasteiger partial charge < -0.3 is 9.73 Å². The minimum Gasteiger partial charge on any atom is -0.441 e. The Labute approximate surface area is 182 Å². The van der Waals surface area contributed by atoms with Gasteiger partial charge in [-0.1, -0.05) is 48.0 Å². The molecular weight excluding hydrogens is 398 g/mol. The second-order valence-corrected chi connectivity index (χ2v) is 8.25. The van der Waals surface area contributed by atoms with Crippen molar-refractivity contribution in [3.63, 3.8) is 0 Å². The van der Waals surface area contributed by atoms with Crippen molar-refractivity contribution >= 4 is 17.5 Å². The van der Waals surface area contributed by atoms with Crippen molar-refractivity contribution in [3.05, 3.63) is 76.6 Å². The lowest BCUT2D eigenvalue weighted by Gasteiger charge is -2.31. The largest absolute Gasteiger partial charge is 0.441 e. The Morgan fingerprint density at radius 1 is 1.23 bits per heavy atom. The fourth-order valence-corrected chi connectivity index (χ4v) is 4.06. The third-order valence-corrected chi connectivity index (χ3v) is 5.76. The van der Waals surface area contributed by atoms with E-state index in [1.165, 1.54) is 0 Å². The third kappa shape index (κ3) is 5.10. The van der Waals surface area contributed by atoms with Crippen LogP contribution in [0.15, 0.2) is 59.0 Å². The first-order valence-corrected chi connectivity index (χ1v) is 10.7. The standard InChI is InChI=1S/C24H26ClN3O2/c1-17-22(27-24(30-17)19-9-5-11-21(25)13-19)16-28-12-6-10-20(15-28)23(29)26-14-18-7-3-2-4-8-18/h2-5,7-9,11,13,20H,6,10,12,14-16H2,1H3,(H,26,29). The van der Waals surface area contributed by atoms with Gasteiger partial charge in [-0.2, -0.15) is 0 Å². The molecule has 30 heavy (non-hydrogen) atoms. The Morgan fingerprint density at radius 2 is 2.07 bits per heavy atom. The number of carbonyl (C=O) groups excluding carboxylic acids is 1. The Morgan fingerprint density at radius 3 is 2.87 bits per heavy atom. The molecule has 0 bridgehead atoms. The van der Waals surface area contributed by atoms with Gasteiger partial charge in [0.1, 0.15) is 5.76 Å². The fraction of sp³-hybridized carbons (Fsp3) is 0.333. The van der Waals surface area contributed by atoms with Crippen LogP contribution < -0.4 is 5.32 Å². The summed E-state index contributed by atoms with van der Waals surface area (Å²) in [6.45, 7) is 4.88. The van der Waals surface area contributed by atoms with E-state index in [0.29, 0.717) is 24.0 Å². The van der Waals surface area contributed by atoms with Crippen molar-refractivity contribution in [2.45, 2.75) is 32.9 Å². The van der Waals surface area contributed by atoms with Crippen LogP contribution in [-0.2, 0) is 17.9 Å². The molecule has 6 heteroatoms. The van der Waals surface area contributed by atoms with E-state index in [1.54, 1.807) is 0 Å². The molecule has 0 radical (unpaired) electrons. The summed E-state index contributed by atoms with van der Waals surface area (Å²) in [5, 5.41) is 3.74. The molecule has 156 valence electrons. The molecule has 1 fully saturated rings. The zero-order valence-corrected chi connectivity index (χ0v) is 17.9. The van der Waals surface area contributed by atoms with Gasteiger partial charge in [0.25, 0.3) is 0 Å². The molecule has 1 N–H and O–H groups in total. The molecule has 0 saturated carbocycles. The van der Waals surface area contributed by atoms with Gasteiger partial charge >= 0.3 is 0 Å². The number of hydrogen-bond donors (Lipinski definition) is 1. The molecule has 2 heterocycles. The molecular formula is C24H26ClN3O2. The predicted octanol–water partition coefficient (Wildman–Crippen LogP) is 4.83. The number of nitrogens with zero attached hydrogens (tertiary/aromatic N) is 2. The first-order chi connectivity index (χ1) is 14.6. The highest BCUT2D eigenvalue weighted by Crippen LogP contribution is 2.26. The van der Waals surface area contributed by atoms with Crippen molar-refractivity contribution in [1.29, 1.82) is 0 Å². The molecule has 0 spiro atoms. The van der Waals surface area contributed by atoms with E-state index in [4.69, 9.17) is 21.0 Å². The summed E-state index contributed by atoms with van der Waals surface area (Å²) in [5.74, 6) is 1.52. The van der Waals surface area contributed by atoms with E-state index < -0.39 is 0 Å². The number of aryl methyl sites for hydroxylation is 1. The molecule has 1 unspecified atom stereocenters. The number of aromatic nitrogens is 1. The maximum atomic E-state index is 12.7. The van der Waals surface area contributed by atoms with Crippen LogP contribution in [0.25, 0.3) is 11.5 Å². The Balaban J connectivity index is 1.36. The second-order valence-electron chi connectivity index (χ2n) is 7.81. The summed E-state index contributed by atoms with van der Waals surface area (Å²) in [4.78, 5) is 19.7. The van der Waals surface area contributed by atoms with Crippen LogP contribution in [0.3, 0.4) is 0 Å². The van der Waals surface area contributed by atoms with Crippen molar-refractivity contribution in [1.82, 2.24) is 15.2 Å². The SMILES string of the molecule is Cc1oc(-c2cccc(Cl)c2)nc1CN1CCCC(C(=O)NCc2ccccc2)C1. The van der Waals surface area contributed by atoms with Gasteiger partial charge in [0, 0.05) is 30.2 Å². The molecule has 3 aromatic rings. The molecule has 1 amide bonds. The van der Waals surface area contributed by atoms with E-state index >= 15 is 0 Å². The Kier molecular flexibility index (Phi) is 6.50. The monoisotopic (exact) mass is 423 g/mol. The number of carbonyl (C=O) groups is 1. The molecule has 2 aromatic carbocycles. The first-order valence-electron chi connectivity index (χ1n) is 10.3. The summed E-state index contributed by atoms with van der Waals surface area (Å²) in [6, 6.07) is 17.5. The second kappa shape index (κ2) is 9.45. The molecule has 1 aliphatic heterocycles. The maximum absolute atomic E-state index is 12.7. The van der Waals surface area contributed by atoms with Gasteiger partial charge in [0.15, 0.2) is 0 Å². The molecule has 1 aliphatic rings. The van der Waals surface area contributed by atoms with Crippen LogP contribution in [-0.4, -0.2) is 28.9 Å². The third-order valence-electron chi connectivity index (χ3n) is 5.52. The Bertz CT molecular complexity index is 1000. The van der Waals surface area contributed by atoms with E-state index in [-0.39, 0.29) is 11.8 Å². The number of amides is 1. The highest BCUT2D eigenvalue weighted by Gasteiger charge is 2.27. The van der Waals surface area contributed by atoms with Crippen molar-refractivity contribution in [3.8, 4) is 11.5 Å². The van der Waals surface area contributed by atoms with Crippen LogP contribution in [0.2, 0.25) is 5.02 Å². The van der Waals surface area contributed by atoms with Crippen LogP contribution in [0.1, 0.15) is 29.9 Å². The first kappa shape index (κ1) is 20.6. The maximum Gasteiger partial charge on any atom is 0.226 e. The number of hydrogen-bond acceptors (Lipinski definition) is 4. The number of likely N-dealkylation sites (tertiary alicyclic amines) is 1. The average Bonchev–Trinajstić information content (AvgIpc) is 3.13. The van der Waals surface area contributed by atoms with E-state index in [9.17, 15) is 4.79 Å². The van der Waals surface area contributed by atoms with Crippen LogP contribution >= 0.6 is 11.6 Å². The van der Waals surface area contributed by atoms with Crippen molar-refractivity contribution in [2.75, 3.05) is 13.1 Å². The number of benzene rings is 2. The number of oxazole rings is 1. The van der Waals surface area contributed by atoms with Crippen LogP contribution in [0, 0.1) is 12.8 Å². The highest BCUT2D eigenvalue weighted by molar-refractivity contribution is 6.30. The van der Waals surface area contributed by atoms with E-state index in [0.717, 1.165) is 48.5 Å². The average molecular weight is 424 g/mol. The number of rotatable bonds is 6. The highest BCUT2D eigenvalue weighted by atomic mass is 35.5. The molecule has 1 atom stereocenters. The van der Waals surface area contributed by atoms with Crippen LogP contribution in [0.4, 0.5) is 0 Å². The predicted molar refractivity (Wildman–Crippen MR) is 118 cm³/mol. The number of piperidine rings is 1. The summed E-state index contributed by atoms with van der Waals surface area (Å²) >= 11 is 6.09. The molecule has 5 nitrogen and oxygen atoms in total. The zero-order chi connectivity index (χ0) is 20.9. The molecule has 1 aromatic heterocycles. The summed E-state index contributed by atoms with van der Waals surface area (Å²) in [5.41, 5.74) is 2.90. The quantitative estimate of drug-likeness (QED) is 0.616. The fourth-order valence-electron chi connectivity index (χ4n) is 3.87. The van der Waals surface area contributed by atoms with Gasteiger partial charge in [-0.15, -0.1) is 0 Å². The smallest absolute Gasteiger partial charge is 0.226 e. The van der Waals surface area contributed by atoms with Crippen molar-refractivity contribution in [2.24, 2.45) is 5.92 Å². The van der Waals surface area contributed by atoms with Crippen LogP contribution in [0.5, 0.6) is 0 Å². The normalized spacial score (nSPS) is 17.1. The molecule has 0 aliphatic carbocycles. The zero-order valence-electron chi connectivity index (χ0n) is 17.1. The lowest BCUT2D eigenvalue weighted by atomic mass is 9.97.